The van der Waals surface area contributed by atoms with E-state index < -0.39 is 11.8 Å². The number of hydrogen-bond donors (Lipinski definition) is 1. The van der Waals surface area contributed by atoms with E-state index in [9.17, 15) is 19.1 Å². The first-order valence-electron chi connectivity index (χ1n) is 6.66. The summed E-state index contributed by atoms with van der Waals surface area (Å²) >= 11 is 0. The number of carboxylic acids is 1. The third-order valence-electron chi connectivity index (χ3n) is 3.50. The number of para-hydroxylation sites is 1. The Morgan fingerprint density at radius 3 is 2.41 bits per heavy atom. The number of benzene rings is 2. The van der Waals surface area contributed by atoms with Crippen LogP contribution in [0.5, 0.6) is 0 Å². The SMILES string of the molecule is O=C(Cn1c(C(=O)O)cc2ccccc21)c1ccc(F)cc1. The first-order valence-corrected chi connectivity index (χ1v) is 6.66. The second kappa shape index (κ2) is 5.44. The highest BCUT2D eigenvalue weighted by Gasteiger charge is 2.17. The Kier molecular flexibility index (Phi) is 3.47. The maximum atomic E-state index is 12.9. The number of carbonyl (C=O) groups is 2. The van der Waals surface area contributed by atoms with E-state index in [1.807, 2.05) is 0 Å². The van der Waals surface area contributed by atoms with Gasteiger partial charge in [-0.2, -0.15) is 0 Å². The van der Waals surface area contributed by atoms with E-state index in [1.165, 1.54) is 34.9 Å². The third kappa shape index (κ3) is 2.48. The van der Waals surface area contributed by atoms with Crippen molar-refractivity contribution < 1.29 is 19.1 Å². The van der Waals surface area contributed by atoms with Crippen LogP contribution in [0.2, 0.25) is 0 Å². The second-order valence-electron chi connectivity index (χ2n) is 4.91. The van der Waals surface area contributed by atoms with Gasteiger partial charge in [-0.25, -0.2) is 9.18 Å². The van der Waals surface area contributed by atoms with Crippen molar-refractivity contribution in [2.75, 3.05) is 0 Å². The van der Waals surface area contributed by atoms with Crippen LogP contribution in [0.4, 0.5) is 4.39 Å². The topological polar surface area (TPSA) is 59.3 Å². The molecule has 0 bridgehead atoms. The van der Waals surface area contributed by atoms with Gasteiger partial charge in [0, 0.05) is 16.5 Å². The Morgan fingerprint density at radius 2 is 1.73 bits per heavy atom. The number of halogens is 1. The van der Waals surface area contributed by atoms with E-state index in [-0.39, 0.29) is 18.0 Å². The molecule has 0 atom stereocenters. The number of aromatic carboxylic acids is 1. The minimum absolute atomic E-state index is 0.0525. The Bertz CT molecular complexity index is 865. The molecule has 0 fully saturated rings. The quantitative estimate of drug-likeness (QED) is 0.751. The zero-order chi connectivity index (χ0) is 15.7. The van der Waals surface area contributed by atoms with Gasteiger partial charge in [-0.1, -0.05) is 18.2 Å². The molecule has 0 aliphatic heterocycles. The predicted octanol–water partition coefficient (Wildman–Crippen LogP) is 3.36. The highest BCUT2D eigenvalue weighted by Crippen LogP contribution is 2.20. The molecule has 1 aromatic heterocycles. The lowest BCUT2D eigenvalue weighted by molar-refractivity contribution is 0.0685. The molecule has 0 spiro atoms. The molecule has 0 saturated carbocycles. The van der Waals surface area contributed by atoms with Crippen molar-refractivity contribution in [1.82, 2.24) is 4.57 Å². The normalized spacial score (nSPS) is 10.8. The average molecular weight is 297 g/mol. The lowest BCUT2D eigenvalue weighted by Gasteiger charge is -2.08. The van der Waals surface area contributed by atoms with Crippen LogP contribution in [-0.2, 0) is 6.54 Å². The molecule has 0 aliphatic carbocycles. The predicted molar refractivity (Wildman–Crippen MR) is 79.6 cm³/mol. The minimum atomic E-state index is -1.09. The molecule has 3 aromatic rings. The van der Waals surface area contributed by atoms with Crippen molar-refractivity contribution in [3.8, 4) is 0 Å². The van der Waals surface area contributed by atoms with Crippen molar-refractivity contribution >= 4 is 22.7 Å². The highest BCUT2D eigenvalue weighted by molar-refractivity contribution is 5.99. The summed E-state index contributed by atoms with van der Waals surface area (Å²) < 4.78 is 14.4. The summed E-state index contributed by atoms with van der Waals surface area (Å²) in [6, 6.07) is 13.9. The van der Waals surface area contributed by atoms with Crippen LogP contribution in [-0.4, -0.2) is 21.4 Å². The standard InChI is InChI=1S/C17H12FNO3/c18-13-7-5-11(6-8-13)16(20)10-19-14-4-2-1-3-12(14)9-15(19)17(21)22/h1-9H,10H2,(H,21,22). The van der Waals surface area contributed by atoms with Gasteiger partial charge in [0.2, 0.25) is 0 Å². The number of ketones is 1. The Balaban J connectivity index is 2.02. The van der Waals surface area contributed by atoms with E-state index in [2.05, 4.69) is 0 Å². The van der Waals surface area contributed by atoms with Gasteiger partial charge in [0.25, 0.3) is 0 Å². The molecule has 1 heterocycles. The van der Waals surface area contributed by atoms with Crippen LogP contribution in [0, 0.1) is 5.82 Å². The number of rotatable bonds is 4. The molecule has 4 nitrogen and oxygen atoms in total. The number of fused-ring (bicyclic) bond motifs is 1. The number of carbonyl (C=O) groups excluding carboxylic acids is 1. The van der Waals surface area contributed by atoms with Gasteiger partial charge in [-0.15, -0.1) is 0 Å². The number of nitrogens with zero attached hydrogens (tertiary/aromatic N) is 1. The monoisotopic (exact) mass is 297 g/mol. The zero-order valence-corrected chi connectivity index (χ0v) is 11.5. The average Bonchev–Trinajstić information content (AvgIpc) is 2.87. The van der Waals surface area contributed by atoms with Gasteiger partial charge in [0.1, 0.15) is 11.5 Å². The molecule has 22 heavy (non-hydrogen) atoms. The maximum absolute atomic E-state index is 12.9. The molecule has 0 radical (unpaired) electrons. The van der Waals surface area contributed by atoms with Gasteiger partial charge < -0.3 is 9.67 Å². The van der Waals surface area contributed by atoms with Gasteiger partial charge in [0.05, 0.1) is 6.54 Å². The Morgan fingerprint density at radius 1 is 1.05 bits per heavy atom. The van der Waals surface area contributed by atoms with Crippen LogP contribution < -0.4 is 0 Å². The summed E-state index contributed by atoms with van der Waals surface area (Å²) in [5.74, 6) is -1.79. The summed E-state index contributed by atoms with van der Waals surface area (Å²) in [6.45, 7) is -0.110. The molecule has 1 N–H and O–H groups in total. The van der Waals surface area contributed by atoms with Crippen molar-refractivity contribution in [3.05, 3.63) is 71.7 Å². The maximum Gasteiger partial charge on any atom is 0.352 e. The third-order valence-corrected chi connectivity index (χ3v) is 3.50. The molecule has 2 aromatic carbocycles. The summed E-state index contributed by atoms with van der Waals surface area (Å²) in [6.07, 6.45) is 0. The highest BCUT2D eigenvalue weighted by atomic mass is 19.1. The molecule has 0 unspecified atom stereocenters. The lowest BCUT2D eigenvalue weighted by atomic mass is 10.1. The van der Waals surface area contributed by atoms with Crippen LogP contribution in [0.1, 0.15) is 20.8 Å². The van der Waals surface area contributed by atoms with E-state index in [4.69, 9.17) is 0 Å². The summed E-state index contributed by atoms with van der Waals surface area (Å²) in [5.41, 5.74) is 1.07. The van der Waals surface area contributed by atoms with Crippen molar-refractivity contribution in [2.45, 2.75) is 6.54 Å². The minimum Gasteiger partial charge on any atom is -0.477 e. The molecule has 3 rings (SSSR count). The molecule has 0 aliphatic rings. The summed E-state index contributed by atoms with van der Waals surface area (Å²) in [5, 5.41) is 10.1. The molecule has 5 heteroatoms. The number of carboxylic acid groups (broad SMARTS) is 1. The second-order valence-corrected chi connectivity index (χ2v) is 4.91. The van der Waals surface area contributed by atoms with Crippen LogP contribution in [0.15, 0.2) is 54.6 Å². The van der Waals surface area contributed by atoms with Crippen LogP contribution in [0.25, 0.3) is 10.9 Å². The van der Waals surface area contributed by atoms with Crippen molar-refractivity contribution in [2.24, 2.45) is 0 Å². The molecule has 0 saturated heterocycles. The van der Waals surface area contributed by atoms with Gasteiger partial charge >= 0.3 is 5.97 Å². The largest absolute Gasteiger partial charge is 0.477 e. The summed E-state index contributed by atoms with van der Waals surface area (Å²) in [7, 11) is 0. The lowest BCUT2D eigenvalue weighted by Crippen LogP contribution is -2.15. The zero-order valence-electron chi connectivity index (χ0n) is 11.5. The van der Waals surface area contributed by atoms with E-state index in [1.54, 1.807) is 24.3 Å². The van der Waals surface area contributed by atoms with E-state index in [0.717, 1.165) is 5.39 Å². The van der Waals surface area contributed by atoms with Crippen molar-refractivity contribution in [1.29, 1.82) is 0 Å². The Hall–Kier alpha value is -2.95. The fourth-order valence-corrected chi connectivity index (χ4v) is 2.43. The van der Waals surface area contributed by atoms with E-state index in [0.29, 0.717) is 11.1 Å². The fourth-order valence-electron chi connectivity index (χ4n) is 2.43. The summed E-state index contributed by atoms with van der Waals surface area (Å²) in [4.78, 5) is 23.7. The first-order chi connectivity index (χ1) is 10.6. The van der Waals surface area contributed by atoms with Gasteiger partial charge in [0.15, 0.2) is 5.78 Å². The smallest absolute Gasteiger partial charge is 0.352 e. The number of aromatic nitrogens is 1. The Labute approximate surface area is 125 Å². The first kappa shape index (κ1) is 14.0. The molecular formula is C17H12FNO3. The molecule has 0 amide bonds. The van der Waals surface area contributed by atoms with Gasteiger partial charge in [-0.3, -0.25) is 4.79 Å². The van der Waals surface area contributed by atoms with Crippen LogP contribution >= 0.6 is 0 Å². The van der Waals surface area contributed by atoms with Crippen molar-refractivity contribution in [3.63, 3.8) is 0 Å². The molecule has 110 valence electrons. The number of Topliss-reactive ketones (excluding diaryl/α,β-unsaturated/α-hetero) is 1. The van der Waals surface area contributed by atoms with Crippen LogP contribution in [0.3, 0.4) is 0 Å². The molecular weight excluding hydrogens is 285 g/mol. The number of hydrogen-bond acceptors (Lipinski definition) is 2. The van der Waals surface area contributed by atoms with Gasteiger partial charge in [-0.05, 0) is 36.4 Å². The fraction of sp³-hybridized carbons (Fsp3) is 0.0588. The van der Waals surface area contributed by atoms with E-state index >= 15 is 0 Å².